The summed E-state index contributed by atoms with van der Waals surface area (Å²) in [5.41, 5.74) is 2.51. The molecule has 0 radical (unpaired) electrons. The largest absolute Gasteiger partial charge is 0.332 e. The summed E-state index contributed by atoms with van der Waals surface area (Å²) in [6.45, 7) is 9.50. The number of halogens is 1. The quantitative estimate of drug-likeness (QED) is 0.346. The number of hydrogen-bond donors (Lipinski definition) is 0. The van der Waals surface area contributed by atoms with Crippen LogP contribution in [0.1, 0.15) is 51.5 Å². The third-order valence-electron chi connectivity index (χ3n) is 5.92. The maximum Gasteiger partial charge on any atom is 0.254 e. The van der Waals surface area contributed by atoms with Crippen LogP contribution < -0.4 is 0 Å². The Labute approximate surface area is 206 Å². The van der Waals surface area contributed by atoms with E-state index in [9.17, 15) is 14.0 Å². The van der Waals surface area contributed by atoms with E-state index >= 15 is 0 Å². The molecule has 0 aliphatic heterocycles. The summed E-state index contributed by atoms with van der Waals surface area (Å²) in [5, 5.41) is 0. The van der Waals surface area contributed by atoms with E-state index in [2.05, 4.69) is 13.8 Å². The summed E-state index contributed by atoms with van der Waals surface area (Å²) < 4.78 is 13.4. The van der Waals surface area contributed by atoms with Gasteiger partial charge in [-0.15, -0.1) is 11.3 Å². The van der Waals surface area contributed by atoms with Crippen molar-refractivity contribution in [2.75, 3.05) is 13.1 Å². The van der Waals surface area contributed by atoms with Crippen molar-refractivity contribution in [2.24, 2.45) is 5.92 Å². The molecule has 0 spiro atoms. The molecule has 1 heterocycles. The zero-order valence-electron chi connectivity index (χ0n) is 20.4. The average molecular weight is 481 g/mol. The lowest BCUT2D eigenvalue weighted by Crippen LogP contribution is -2.44. The fraction of sp³-hybridized carbons (Fsp3) is 0.357. The van der Waals surface area contributed by atoms with E-state index < -0.39 is 0 Å². The summed E-state index contributed by atoms with van der Waals surface area (Å²) in [7, 11) is 0. The molecule has 2 amide bonds. The summed E-state index contributed by atoms with van der Waals surface area (Å²) in [6.07, 6.45) is 0.916. The number of carbonyl (C=O) groups is 2. The van der Waals surface area contributed by atoms with Crippen LogP contribution in [0.5, 0.6) is 0 Å². The van der Waals surface area contributed by atoms with Crippen LogP contribution in [0, 0.1) is 25.6 Å². The molecule has 1 unspecified atom stereocenters. The third-order valence-corrected chi connectivity index (χ3v) is 6.91. The molecule has 0 fully saturated rings. The molecule has 0 saturated carbocycles. The molecule has 0 aliphatic carbocycles. The Hall–Kier alpha value is -2.99. The fourth-order valence-electron chi connectivity index (χ4n) is 3.67. The number of nitrogens with zero attached hydrogens (tertiary/aromatic N) is 2. The topological polar surface area (TPSA) is 40.6 Å². The predicted octanol–water partition coefficient (Wildman–Crippen LogP) is 6.22. The minimum atomic E-state index is -0.307. The standard InChI is InChI=1S/C28H33FN2O2S/c1-5-20(2)16-31(28(33)24-11-6-21(3)7-12-24)19-27(32)30(18-26-15-8-22(4)34-26)17-23-9-13-25(29)14-10-23/h6-15,20H,5,16-19H2,1-4H3. The van der Waals surface area contributed by atoms with Gasteiger partial charge in [0.25, 0.3) is 5.91 Å². The van der Waals surface area contributed by atoms with E-state index in [1.807, 2.05) is 50.2 Å². The van der Waals surface area contributed by atoms with E-state index in [0.29, 0.717) is 25.2 Å². The van der Waals surface area contributed by atoms with Crippen LogP contribution in [0.15, 0.2) is 60.7 Å². The Morgan fingerprint density at radius 2 is 1.59 bits per heavy atom. The second-order valence-corrected chi connectivity index (χ2v) is 10.3. The van der Waals surface area contributed by atoms with Crippen molar-refractivity contribution < 1.29 is 14.0 Å². The van der Waals surface area contributed by atoms with Crippen LogP contribution in [0.2, 0.25) is 0 Å². The molecule has 4 nitrogen and oxygen atoms in total. The van der Waals surface area contributed by atoms with Crippen molar-refractivity contribution >= 4 is 23.2 Å². The Bertz CT molecular complexity index is 1090. The first-order valence-corrected chi connectivity index (χ1v) is 12.5. The van der Waals surface area contributed by atoms with Crippen molar-refractivity contribution in [1.29, 1.82) is 0 Å². The SMILES string of the molecule is CCC(C)CN(CC(=O)N(Cc1ccc(F)cc1)Cc1ccc(C)s1)C(=O)c1ccc(C)cc1. The normalized spacial score (nSPS) is 11.8. The molecule has 1 atom stereocenters. The van der Waals surface area contributed by atoms with Gasteiger partial charge in [-0.25, -0.2) is 4.39 Å². The highest BCUT2D eigenvalue weighted by atomic mass is 32.1. The highest BCUT2D eigenvalue weighted by Crippen LogP contribution is 2.20. The Morgan fingerprint density at radius 3 is 2.18 bits per heavy atom. The van der Waals surface area contributed by atoms with Gasteiger partial charge in [-0.05, 0) is 61.7 Å². The van der Waals surface area contributed by atoms with Crippen molar-refractivity contribution in [1.82, 2.24) is 9.80 Å². The molecule has 0 bridgehead atoms. The lowest BCUT2D eigenvalue weighted by molar-refractivity contribution is -0.133. The van der Waals surface area contributed by atoms with Gasteiger partial charge in [0.2, 0.25) is 5.91 Å². The molecule has 0 N–H and O–H groups in total. The van der Waals surface area contributed by atoms with Gasteiger partial charge in [0.05, 0.1) is 6.54 Å². The van der Waals surface area contributed by atoms with E-state index in [4.69, 9.17) is 0 Å². The number of hydrogen-bond acceptors (Lipinski definition) is 3. The van der Waals surface area contributed by atoms with Crippen LogP contribution in [0.25, 0.3) is 0 Å². The third kappa shape index (κ3) is 7.26. The Kier molecular flexibility index (Phi) is 8.99. The first-order chi connectivity index (χ1) is 16.2. The second-order valence-electron chi connectivity index (χ2n) is 8.95. The summed E-state index contributed by atoms with van der Waals surface area (Å²) >= 11 is 1.65. The summed E-state index contributed by atoms with van der Waals surface area (Å²) in [6, 6.07) is 17.7. The second kappa shape index (κ2) is 11.9. The van der Waals surface area contributed by atoms with E-state index in [1.165, 1.54) is 17.0 Å². The molecule has 3 rings (SSSR count). The molecule has 2 aromatic carbocycles. The van der Waals surface area contributed by atoms with E-state index in [1.54, 1.807) is 33.3 Å². The van der Waals surface area contributed by atoms with Gasteiger partial charge >= 0.3 is 0 Å². The van der Waals surface area contributed by atoms with Gasteiger partial charge < -0.3 is 9.80 Å². The van der Waals surface area contributed by atoms with Crippen LogP contribution >= 0.6 is 11.3 Å². The molecule has 34 heavy (non-hydrogen) atoms. The summed E-state index contributed by atoms with van der Waals surface area (Å²) in [4.78, 5) is 32.6. The number of carbonyl (C=O) groups excluding carboxylic acids is 2. The number of thiophene rings is 1. The molecule has 180 valence electrons. The Balaban J connectivity index is 1.83. The van der Waals surface area contributed by atoms with Gasteiger partial charge in [-0.1, -0.05) is 50.1 Å². The molecular weight excluding hydrogens is 447 g/mol. The molecular formula is C28H33FN2O2S. The smallest absolute Gasteiger partial charge is 0.254 e. The lowest BCUT2D eigenvalue weighted by Gasteiger charge is -2.29. The van der Waals surface area contributed by atoms with Gasteiger partial charge in [-0.2, -0.15) is 0 Å². The van der Waals surface area contributed by atoms with E-state index in [0.717, 1.165) is 22.4 Å². The zero-order valence-corrected chi connectivity index (χ0v) is 21.2. The van der Waals surface area contributed by atoms with Crippen molar-refractivity contribution in [3.8, 4) is 0 Å². The average Bonchev–Trinajstić information content (AvgIpc) is 3.24. The predicted molar refractivity (Wildman–Crippen MR) is 136 cm³/mol. The van der Waals surface area contributed by atoms with Crippen molar-refractivity contribution in [3.63, 3.8) is 0 Å². The minimum Gasteiger partial charge on any atom is -0.332 e. The Morgan fingerprint density at radius 1 is 0.912 bits per heavy atom. The van der Waals surface area contributed by atoms with Crippen molar-refractivity contribution in [3.05, 3.63) is 92.9 Å². The van der Waals surface area contributed by atoms with Crippen LogP contribution in [0.4, 0.5) is 4.39 Å². The van der Waals surface area contributed by atoms with Gasteiger partial charge in [0, 0.05) is 28.4 Å². The first kappa shape index (κ1) is 25.6. The van der Waals surface area contributed by atoms with Crippen molar-refractivity contribution in [2.45, 2.75) is 47.2 Å². The molecule has 6 heteroatoms. The number of amides is 2. The first-order valence-electron chi connectivity index (χ1n) is 11.7. The highest BCUT2D eigenvalue weighted by Gasteiger charge is 2.24. The molecule has 0 aliphatic rings. The van der Waals surface area contributed by atoms with Gasteiger partial charge in [-0.3, -0.25) is 9.59 Å². The number of rotatable bonds is 10. The number of benzene rings is 2. The van der Waals surface area contributed by atoms with Gasteiger partial charge in [0.15, 0.2) is 0 Å². The fourth-order valence-corrected chi connectivity index (χ4v) is 4.57. The van der Waals surface area contributed by atoms with Crippen LogP contribution in [-0.2, 0) is 17.9 Å². The maximum absolute atomic E-state index is 13.6. The number of aryl methyl sites for hydroxylation is 2. The van der Waals surface area contributed by atoms with Crippen LogP contribution in [0.3, 0.4) is 0 Å². The highest BCUT2D eigenvalue weighted by molar-refractivity contribution is 7.11. The molecule has 3 aromatic rings. The molecule has 0 saturated heterocycles. The monoisotopic (exact) mass is 480 g/mol. The van der Waals surface area contributed by atoms with Gasteiger partial charge in [0.1, 0.15) is 12.4 Å². The zero-order chi connectivity index (χ0) is 24.7. The summed E-state index contributed by atoms with van der Waals surface area (Å²) in [5.74, 6) is -0.298. The lowest BCUT2D eigenvalue weighted by atomic mass is 10.1. The minimum absolute atomic E-state index is 0.00258. The molecule has 1 aromatic heterocycles. The maximum atomic E-state index is 13.6. The van der Waals surface area contributed by atoms with E-state index in [-0.39, 0.29) is 30.1 Å². The van der Waals surface area contributed by atoms with Crippen LogP contribution in [-0.4, -0.2) is 34.7 Å².